The van der Waals surface area contributed by atoms with Gasteiger partial charge in [0, 0.05) is 11.7 Å². The van der Waals surface area contributed by atoms with Crippen LogP contribution in [0.2, 0.25) is 0 Å². The van der Waals surface area contributed by atoms with Crippen molar-refractivity contribution in [3.05, 3.63) is 46.1 Å². The molecule has 8 nitrogen and oxygen atoms in total. The highest BCUT2D eigenvalue weighted by Gasteiger charge is 2.33. The summed E-state index contributed by atoms with van der Waals surface area (Å²) in [5.74, 6) is 5.71. The van der Waals surface area contributed by atoms with Crippen LogP contribution < -0.4 is 16.2 Å². The summed E-state index contributed by atoms with van der Waals surface area (Å²) in [6.07, 6.45) is 1.98. The van der Waals surface area contributed by atoms with E-state index in [4.69, 9.17) is 5.84 Å². The molecule has 2 aromatic rings. The van der Waals surface area contributed by atoms with Gasteiger partial charge in [0.15, 0.2) is 0 Å². The number of rotatable bonds is 3. The Balaban J connectivity index is 2.17. The van der Waals surface area contributed by atoms with Gasteiger partial charge in [-0.2, -0.15) is 4.98 Å². The lowest BCUT2D eigenvalue weighted by atomic mass is 10.1. The van der Waals surface area contributed by atoms with Gasteiger partial charge in [0.25, 0.3) is 0 Å². The number of nitrogens with zero attached hydrogens (tertiary/aromatic N) is 4. The lowest BCUT2D eigenvalue weighted by Gasteiger charge is -2.23. The van der Waals surface area contributed by atoms with E-state index in [1.54, 1.807) is 0 Å². The largest absolute Gasteiger partial charge is 0.330 e. The van der Waals surface area contributed by atoms with Gasteiger partial charge in [0.2, 0.25) is 11.8 Å². The standard InChI is InChI=1S/C13H14N6O2/c1-8-6-9-4-2-3-5-10(9)18(8)12-11(19(20)21)7-15-13(16-12)17-14/h2-5,7-8H,6,14H2,1H3,(H,15,16,17). The molecule has 0 radical (unpaired) electrons. The van der Waals surface area contributed by atoms with Crippen LogP contribution in [-0.2, 0) is 6.42 Å². The van der Waals surface area contributed by atoms with Crippen molar-refractivity contribution in [3.8, 4) is 0 Å². The van der Waals surface area contributed by atoms with Gasteiger partial charge in [-0.1, -0.05) is 18.2 Å². The van der Waals surface area contributed by atoms with Crippen LogP contribution >= 0.6 is 0 Å². The molecule has 1 aromatic carbocycles. The van der Waals surface area contributed by atoms with E-state index < -0.39 is 4.92 Å². The summed E-state index contributed by atoms with van der Waals surface area (Å²) >= 11 is 0. The second-order valence-electron chi connectivity index (χ2n) is 4.86. The van der Waals surface area contributed by atoms with Gasteiger partial charge in [-0.15, -0.1) is 0 Å². The minimum absolute atomic E-state index is 0.0709. The van der Waals surface area contributed by atoms with E-state index in [1.807, 2.05) is 36.1 Å². The maximum atomic E-state index is 11.2. The number of hydrazine groups is 1. The normalized spacial score (nSPS) is 16.7. The number of nitrogens with one attached hydrogen (secondary N) is 1. The SMILES string of the molecule is CC1Cc2ccccc2N1c1nc(NN)ncc1[N+](=O)[O-]. The third-order valence-corrected chi connectivity index (χ3v) is 3.51. The van der Waals surface area contributed by atoms with Gasteiger partial charge in [-0.3, -0.25) is 15.5 Å². The van der Waals surface area contributed by atoms with Crippen LogP contribution in [-0.4, -0.2) is 20.9 Å². The van der Waals surface area contributed by atoms with Crippen LogP contribution in [0.5, 0.6) is 0 Å². The number of anilines is 3. The maximum absolute atomic E-state index is 11.2. The molecule has 2 heterocycles. The van der Waals surface area contributed by atoms with Crippen LogP contribution in [0.15, 0.2) is 30.5 Å². The van der Waals surface area contributed by atoms with E-state index in [-0.39, 0.29) is 23.5 Å². The van der Waals surface area contributed by atoms with Crippen molar-refractivity contribution in [2.45, 2.75) is 19.4 Å². The fraction of sp³-hybridized carbons (Fsp3) is 0.231. The minimum Gasteiger partial charge on any atom is -0.317 e. The van der Waals surface area contributed by atoms with E-state index in [1.165, 1.54) is 6.20 Å². The summed E-state index contributed by atoms with van der Waals surface area (Å²) < 4.78 is 0. The summed E-state index contributed by atoms with van der Waals surface area (Å²) in [5.41, 5.74) is 4.25. The Kier molecular flexibility index (Phi) is 3.15. The van der Waals surface area contributed by atoms with Crippen molar-refractivity contribution < 1.29 is 4.92 Å². The van der Waals surface area contributed by atoms with E-state index in [0.717, 1.165) is 17.7 Å². The third kappa shape index (κ3) is 2.15. The highest BCUT2D eigenvalue weighted by atomic mass is 16.6. The number of nitrogen functional groups attached to an aromatic ring is 1. The number of hydrogen-bond donors (Lipinski definition) is 2. The second kappa shape index (κ2) is 4.98. The Morgan fingerprint density at radius 1 is 1.48 bits per heavy atom. The average molecular weight is 286 g/mol. The number of fused-ring (bicyclic) bond motifs is 1. The topological polar surface area (TPSA) is 110 Å². The second-order valence-corrected chi connectivity index (χ2v) is 4.86. The molecule has 0 bridgehead atoms. The minimum atomic E-state index is -0.483. The first-order valence-electron chi connectivity index (χ1n) is 6.47. The number of benzene rings is 1. The molecule has 1 aromatic heterocycles. The maximum Gasteiger partial charge on any atom is 0.330 e. The van der Waals surface area contributed by atoms with Crippen molar-refractivity contribution >= 4 is 23.1 Å². The van der Waals surface area contributed by atoms with Crippen LogP contribution in [0.25, 0.3) is 0 Å². The molecular formula is C13H14N6O2. The van der Waals surface area contributed by atoms with E-state index in [2.05, 4.69) is 15.4 Å². The Hall–Kier alpha value is -2.74. The van der Waals surface area contributed by atoms with Crippen molar-refractivity contribution in [2.24, 2.45) is 5.84 Å². The molecule has 3 rings (SSSR count). The Morgan fingerprint density at radius 3 is 2.95 bits per heavy atom. The first-order chi connectivity index (χ1) is 10.1. The summed E-state index contributed by atoms with van der Waals surface area (Å²) in [4.78, 5) is 20.6. The molecule has 0 aliphatic carbocycles. The van der Waals surface area contributed by atoms with Crippen molar-refractivity contribution in [1.82, 2.24) is 9.97 Å². The highest BCUT2D eigenvalue weighted by Crippen LogP contribution is 2.40. The predicted molar refractivity (Wildman–Crippen MR) is 78.2 cm³/mol. The molecule has 21 heavy (non-hydrogen) atoms. The number of aromatic nitrogens is 2. The van der Waals surface area contributed by atoms with E-state index in [0.29, 0.717) is 0 Å². The van der Waals surface area contributed by atoms with Crippen molar-refractivity contribution in [1.29, 1.82) is 0 Å². The van der Waals surface area contributed by atoms with E-state index in [9.17, 15) is 10.1 Å². The first kappa shape index (κ1) is 13.3. The zero-order chi connectivity index (χ0) is 15.0. The quantitative estimate of drug-likeness (QED) is 0.502. The fourth-order valence-corrected chi connectivity index (χ4v) is 2.63. The average Bonchev–Trinajstić information content (AvgIpc) is 2.82. The molecule has 3 N–H and O–H groups in total. The lowest BCUT2D eigenvalue weighted by Crippen LogP contribution is -2.26. The molecule has 1 unspecified atom stereocenters. The van der Waals surface area contributed by atoms with Crippen LogP contribution in [0.1, 0.15) is 12.5 Å². The zero-order valence-corrected chi connectivity index (χ0v) is 11.4. The Morgan fingerprint density at radius 2 is 2.24 bits per heavy atom. The molecule has 1 atom stereocenters. The van der Waals surface area contributed by atoms with Gasteiger partial charge >= 0.3 is 5.69 Å². The smallest absolute Gasteiger partial charge is 0.317 e. The van der Waals surface area contributed by atoms with Crippen LogP contribution in [0.4, 0.5) is 23.1 Å². The van der Waals surface area contributed by atoms with Crippen molar-refractivity contribution in [3.63, 3.8) is 0 Å². The molecule has 0 saturated heterocycles. The summed E-state index contributed by atoms with van der Waals surface area (Å²) in [6.45, 7) is 2.00. The van der Waals surface area contributed by atoms with Crippen LogP contribution in [0, 0.1) is 10.1 Å². The van der Waals surface area contributed by atoms with E-state index >= 15 is 0 Å². The zero-order valence-electron chi connectivity index (χ0n) is 11.4. The molecule has 1 aliphatic heterocycles. The monoisotopic (exact) mass is 286 g/mol. The Labute approximate surface area is 120 Å². The number of para-hydroxylation sites is 1. The fourth-order valence-electron chi connectivity index (χ4n) is 2.63. The molecule has 108 valence electrons. The van der Waals surface area contributed by atoms with Crippen LogP contribution in [0.3, 0.4) is 0 Å². The molecule has 0 amide bonds. The van der Waals surface area contributed by atoms with Gasteiger partial charge in [-0.05, 0) is 25.0 Å². The highest BCUT2D eigenvalue weighted by molar-refractivity contribution is 5.74. The van der Waals surface area contributed by atoms with Gasteiger partial charge in [0.1, 0.15) is 6.20 Å². The van der Waals surface area contributed by atoms with Crippen molar-refractivity contribution in [2.75, 3.05) is 10.3 Å². The molecule has 0 fully saturated rings. The molecule has 0 saturated carbocycles. The Bertz CT molecular complexity index is 705. The summed E-state index contributed by atoms with van der Waals surface area (Å²) in [7, 11) is 0. The van der Waals surface area contributed by atoms with Gasteiger partial charge < -0.3 is 4.90 Å². The molecular weight excluding hydrogens is 272 g/mol. The first-order valence-corrected chi connectivity index (χ1v) is 6.47. The lowest BCUT2D eigenvalue weighted by molar-refractivity contribution is -0.384. The molecule has 0 spiro atoms. The molecule has 8 heteroatoms. The number of nitrogens with two attached hydrogens (primary N) is 1. The summed E-state index contributed by atoms with van der Waals surface area (Å²) in [5, 5.41) is 11.2. The molecule has 1 aliphatic rings. The number of nitro groups is 1. The summed E-state index contributed by atoms with van der Waals surface area (Å²) in [6, 6.07) is 7.87. The third-order valence-electron chi connectivity index (χ3n) is 3.51. The predicted octanol–water partition coefficient (Wildman–Crippen LogP) is 1.75. The van der Waals surface area contributed by atoms with Gasteiger partial charge in [-0.25, -0.2) is 10.8 Å². The van der Waals surface area contributed by atoms with Gasteiger partial charge in [0.05, 0.1) is 4.92 Å². The number of hydrogen-bond acceptors (Lipinski definition) is 7.